The van der Waals surface area contributed by atoms with Crippen LogP contribution in [-0.4, -0.2) is 66.9 Å². The van der Waals surface area contributed by atoms with Crippen LogP contribution in [0.2, 0.25) is 0 Å². The Morgan fingerprint density at radius 3 is 2.67 bits per heavy atom. The van der Waals surface area contributed by atoms with Crippen molar-refractivity contribution < 1.29 is 38.2 Å². The molecule has 15 nitrogen and oxygen atoms in total. The molecule has 198 valence electrons. The van der Waals surface area contributed by atoms with Crippen molar-refractivity contribution in [3.63, 3.8) is 0 Å². The van der Waals surface area contributed by atoms with Crippen molar-refractivity contribution in [1.29, 1.82) is 0 Å². The predicted molar refractivity (Wildman–Crippen MR) is 125 cm³/mol. The third kappa shape index (κ3) is 5.81. The fourth-order valence-electron chi connectivity index (χ4n) is 4.05. The number of hydrogen-bond acceptors (Lipinski definition) is 11. The zero-order valence-electron chi connectivity index (χ0n) is 18.9. The maximum Gasteiger partial charge on any atom is 0.386 e. The number of aromatic nitrogens is 3. The lowest BCUT2D eigenvalue weighted by Crippen LogP contribution is -2.33. The van der Waals surface area contributed by atoms with Crippen molar-refractivity contribution in [2.75, 3.05) is 13.2 Å². The van der Waals surface area contributed by atoms with Crippen molar-refractivity contribution in [3.8, 4) is 0 Å². The quantitative estimate of drug-likeness (QED) is 0.148. The molecule has 2 aromatic heterocycles. The Balaban J connectivity index is 1.36. The molecule has 0 aliphatic carbocycles. The summed E-state index contributed by atoms with van der Waals surface area (Å²) in [5.74, 6) is 0. The van der Waals surface area contributed by atoms with Gasteiger partial charge in [-0.2, -0.15) is 0 Å². The number of aryl methyl sites for hydroxylation is 1. The highest BCUT2D eigenvalue weighted by molar-refractivity contribution is 8.44. The molecule has 2 fully saturated rings. The first-order valence-corrected chi connectivity index (χ1v) is 13.6. The van der Waals surface area contributed by atoms with Gasteiger partial charge in [0.1, 0.15) is 30.8 Å². The first-order valence-electron chi connectivity index (χ1n) is 10.9. The highest BCUT2D eigenvalue weighted by Gasteiger charge is 2.42. The van der Waals surface area contributed by atoms with Gasteiger partial charge in [0.2, 0.25) is 0 Å². The molecule has 2 aliphatic rings. The number of hydrogen-bond donors (Lipinski definition) is 4. The monoisotopic (exact) mass is 548 g/mol. The fraction of sp³-hybridized carbons (Fsp3) is 0.579. The molecular weight excluding hydrogens is 523 g/mol. The van der Waals surface area contributed by atoms with Gasteiger partial charge < -0.3 is 24.3 Å². The van der Waals surface area contributed by atoms with E-state index >= 15 is 0 Å². The second-order valence-corrected chi connectivity index (χ2v) is 11.3. The summed E-state index contributed by atoms with van der Waals surface area (Å²) in [6.45, 7) is -3.38. The highest BCUT2D eigenvalue weighted by atomic mass is 32.7. The first-order chi connectivity index (χ1) is 17.0. The van der Waals surface area contributed by atoms with E-state index in [1.807, 2.05) is 0 Å². The number of thiol groups is 1. The normalized spacial score (nSPS) is 29.9. The minimum Gasteiger partial charge on any atom is -0.394 e. The van der Waals surface area contributed by atoms with Gasteiger partial charge in [0.25, 0.3) is 11.2 Å². The molecule has 2 aromatic rings. The van der Waals surface area contributed by atoms with Crippen LogP contribution < -0.4 is 11.2 Å². The number of nitro groups is 1. The van der Waals surface area contributed by atoms with Gasteiger partial charge >= 0.3 is 12.5 Å². The molecule has 0 radical (unpaired) electrons. The Morgan fingerprint density at radius 1 is 1.28 bits per heavy atom. The Hall–Kier alpha value is -2.30. The first kappa shape index (κ1) is 26.8. The lowest BCUT2D eigenvalue weighted by atomic mass is 10.2. The third-order valence-electron chi connectivity index (χ3n) is 5.93. The van der Waals surface area contributed by atoms with E-state index in [-0.39, 0.29) is 30.7 Å². The number of aliphatic hydroxyl groups is 2. The van der Waals surface area contributed by atoms with E-state index in [0.717, 1.165) is 4.57 Å². The number of H-pyrrole nitrogens is 1. The summed E-state index contributed by atoms with van der Waals surface area (Å²) < 4.78 is 37.6. The zero-order valence-corrected chi connectivity index (χ0v) is 20.7. The highest BCUT2D eigenvalue weighted by Crippen LogP contribution is 2.56. The molecule has 0 amide bonds. The summed E-state index contributed by atoms with van der Waals surface area (Å²) in [4.78, 5) is 36.2. The molecule has 7 atom stereocenters. The summed E-state index contributed by atoms with van der Waals surface area (Å²) >= 11 is 3.97. The van der Waals surface area contributed by atoms with Crippen molar-refractivity contribution in [3.05, 3.63) is 61.2 Å². The number of nitrogens with one attached hydrogen (secondary N) is 1. The summed E-state index contributed by atoms with van der Waals surface area (Å²) in [5, 5.41) is 30.9. The summed E-state index contributed by atoms with van der Waals surface area (Å²) in [6.07, 6.45) is -1.30. The maximum absolute atomic E-state index is 12.9. The lowest BCUT2D eigenvalue weighted by molar-refractivity contribution is -0.384. The third-order valence-corrected chi connectivity index (χ3v) is 7.58. The van der Waals surface area contributed by atoms with Crippen LogP contribution in [0.25, 0.3) is 0 Å². The molecule has 2 saturated heterocycles. The number of nitrogens with zero attached hydrogens (tertiary/aromatic N) is 3. The van der Waals surface area contributed by atoms with Crippen LogP contribution in [0.5, 0.6) is 0 Å². The Morgan fingerprint density at radius 2 is 2.00 bits per heavy atom. The topological polar surface area (TPSA) is 197 Å². The van der Waals surface area contributed by atoms with E-state index in [9.17, 15) is 34.5 Å². The maximum atomic E-state index is 12.9. The standard InChI is InChI=1S/C19H25N4O11PS/c1-10-6-22(19(27)20-18(10)26)17-4-12(25)15(33-17)9-31-35(30,36)34-13-5-16(32-14(13)8-24)21-3-2-11(7-21)23(28)29/h2-3,6-7,12-17,24-25H,4-5,8-9H2,1H3,(H,30,36)(H,20,26,27)/t12-,13-,14-,15-,16-,17-,35+/m1/s1. The second-order valence-electron chi connectivity index (χ2n) is 8.44. The smallest absolute Gasteiger partial charge is 0.386 e. The Bertz CT molecular complexity index is 1280. The average molecular weight is 548 g/mol. The lowest BCUT2D eigenvalue weighted by Gasteiger charge is -2.22. The summed E-state index contributed by atoms with van der Waals surface area (Å²) in [6, 6.07) is 1.29. The van der Waals surface area contributed by atoms with Crippen molar-refractivity contribution in [1.82, 2.24) is 14.1 Å². The molecule has 0 unspecified atom stereocenters. The molecule has 2 aliphatic heterocycles. The van der Waals surface area contributed by atoms with E-state index in [2.05, 4.69) is 17.2 Å². The van der Waals surface area contributed by atoms with Crippen molar-refractivity contribution in [2.24, 2.45) is 0 Å². The van der Waals surface area contributed by atoms with Crippen LogP contribution in [0.4, 0.5) is 5.69 Å². The zero-order chi connectivity index (χ0) is 26.2. The fourth-order valence-corrected chi connectivity index (χ4v) is 5.58. The van der Waals surface area contributed by atoms with Gasteiger partial charge in [-0.15, -0.1) is 0 Å². The van der Waals surface area contributed by atoms with Gasteiger partial charge in [-0.3, -0.25) is 33.5 Å². The number of aromatic amines is 1. The van der Waals surface area contributed by atoms with Gasteiger partial charge in [-0.05, 0) is 6.92 Å². The van der Waals surface area contributed by atoms with Crippen LogP contribution in [-0.2, 0) is 23.1 Å². The summed E-state index contributed by atoms with van der Waals surface area (Å²) in [7, 11) is 0. The van der Waals surface area contributed by atoms with E-state index in [1.54, 1.807) is 0 Å². The molecule has 4 heterocycles. The molecule has 0 saturated carbocycles. The Kier molecular flexibility index (Phi) is 7.87. The molecule has 0 bridgehead atoms. The minimum atomic E-state index is -4.04. The number of ether oxygens (including phenoxy) is 2. The van der Waals surface area contributed by atoms with Gasteiger partial charge in [0.05, 0.1) is 30.4 Å². The molecule has 0 aromatic carbocycles. The van der Waals surface area contributed by atoms with Gasteiger partial charge in [0.15, 0.2) is 0 Å². The van der Waals surface area contributed by atoms with Crippen LogP contribution in [0.15, 0.2) is 34.2 Å². The number of aliphatic hydroxyl groups excluding tert-OH is 2. The van der Waals surface area contributed by atoms with E-state index in [1.165, 1.54) is 36.1 Å². The van der Waals surface area contributed by atoms with E-state index in [4.69, 9.17) is 18.5 Å². The predicted octanol–water partition coefficient (Wildman–Crippen LogP) is 0.623. The van der Waals surface area contributed by atoms with E-state index < -0.39 is 66.4 Å². The van der Waals surface area contributed by atoms with Crippen LogP contribution in [0.3, 0.4) is 0 Å². The molecule has 4 rings (SSSR count). The molecule has 36 heavy (non-hydrogen) atoms. The van der Waals surface area contributed by atoms with E-state index in [0.29, 0.717) is 0 Å². The second kappa shape index (κ2) is 10.6. The van der Waals surface area contributed by atoms with Crippen molar-refractivity contribution >= 4 is 24.7 Å². The molecule has 17 heteroatoms. The molecular formula is C19H25N4O11PS. The molecule has 0 spiro atoms. The largest absolute Gasteiger partial charge is 0.394 e. The Labute approximate surface area is 208 Å². The molecule has 3 N–H and O–H groups in total. The van der Waals surface area contributed by atoms with Crippen LogP contribution in [0, 0.1) is 17.0 Å². The van der Waals surface area contributed by atoms with Gasteiger partial charge in [-0.25, -0.2) is 9.36 Å². The number of rotatable bonds is 9. The average Bonchev–Trinajstić information content (AvgIpc) is 3.53. The van der Waals surface area contributed by atoms with Gasteiger partial charge in [-0.1, -0.05) is 12.2 Å². The van der Waals surface area contributed by atoms with Gasteiger partial charge in [0, 0.05) is 36.9 Å². The van der Waals surface area contributed by atoms with Crippen LogP contribution in [0.1, 0.15) is 30.9 Å². The minimum absolute atomic E-state index is 0.0187. The summed E-state index contributed by atoms with van der Waals surface area (Å²) in [5.41, 5.74) is -1.09. The van der Waals surface area contributed by atoms with Crippen molar-refractivity contribution in [2.45, 2.75) is 56.6 Å². The SMILES string of the molecule is Cc1cn([C@H]2C[C@@H](O)[C@@H](CO[P@](=O)(S)O[C@@H]3C[C@H](n4ccc([N+](=O)[O-])c4)O[C@@H]3CO)O2)c(=O)[nH]c1=O. The van der Waals surface area contributed by atoms with Crippen LogP contribution >= 0.6 is 19.0 Å².